The first-order chi connectivity index (χ1) is 17.1. The minimum absolute atomic E-state index is 0.0654. The number of hydrogen-bond donors (Lipinski definition) is 1. The maximum absolute atomic E-state index is 12.4. The van der Waals surface area contributed by atoms with Crippen molar-refractivity contribution in [3.8, 4) is 0 Å². The van der Waals surface area contributed by atoms with Gasteiger partial charge in [-0.05, 0) is 44.6 Å². The Morgan fingerprint density at radius 3 is 1.63 bits per heavy atom. The first-order valence-electron chi connectivity index (χ1n) is 15.2. The van der Waals surface area contributed by atoms with E-state index in [0.717, 1.165) is 51.4 Å². The third-order valence-electron chi connectivity index (χ3n) is 6.72. The van der Waals surface area contributed by atoms with E-state index < -0.39 is 5.97 Å². The molecule has 1 N–H and O–H groups in total. The van der Waals surface area contributed by atoms with Crippen molar-refractivity contribution in [3.05, 3.63) is 12.2 Å². The molecule has 0 aliphatic rings. The maximum atomic E-state index is 12.4. The lowest BCUT2D eigenvalue weighted by molar-refractivity contribution is -0.147. The number of aliphatic carboxylic acids is 1. The zero-order chi connectivity index (χ0) is 25.8. The molecule has 0 fully saturated rings. The smallest absolute Gasteiger partial charge is 0.306 e. The molecule has 4 nitrogen and oxygen atoms in total. The number of carbonyl (C=O) groups excluding carboxylic acids is 1. The molecule has 0 aromatic heterocycles. The number of carboxylic acid groups (broad SMARTS) is 1. The van der Waals surface area contributed by atoms with Crippen LogP contribution in [0.3, 0.4) is 0 Å². The SMILES string of the molecule is CCCCCCCCC/C=C\C(CCCCCCC(=O)O)OC(=O)CCCCCCCCCCC. The molecule has 0 bridgehead atoms. The lowest BCUT2D eigenvalue weighted by Crippen LogP contribution is -2.16. The van der Waals surface area contributed by atoms with E-state index in [1.807, 2.05) is 0 Å². The highest BCUT2D eigenvalue weighted by atomic mass is 16.5. The summed E-state index contributed by atoms with van der Waals surface area (Å²) in [5.74, 6) is -0.786. The molecule has 0 rings (SSSR count). The second-order valence-corrected chi connectivity index (χ2v) is 10.3. The van der Waals surface area contributed by atoms with Gasteiger partial charge in [0.15, 0.2) is 0 Å². The molecule has 0 radical (unpaired) electrons. The van der Waals surface area contributed by atoms with E-state index in [0.29, 0.717) is 6.42 Å². The fraction of sp³-hybridized carbons (Fsp3) is 0.871. The van der Waals surface area contributed by atoms with Gasteiger partial charge in [0.1, 0.15) is 6.10 Å². The number of allylic oxidation sites excluding steroid dienone is 1. The maximum Gasteiger partial charge on any atom is 0.306 e. The van der Waals surface area contributed by atoms with Crippen molar-refractivity contribution in [1.82, 2.24) is 0 Å². The van der Waals surface area contributed by atoms with Gasteiger partial charge in [-0.1, -0.05) is 123 Å². The number of rotatable bonds is 27. The first kappa shape index (κ1) is 33.7. The summed E-state index contributed by atoms with van der Waals surface area (Å²) in [7, 11) is 0. The lowest BCUT2D eigenvalue weighted by Gasteiger charge is -2.15. The second-order valence-electron chi connectivity index (χ2n) is 10.3. The Balaban J connectivity index is 4.13. The van der Waals surface area contributed by atoms with Crippen LogP contribution in [0, 0.1) is 0 Å². The third kappa shape index (κ3) is 27.1. The predicted octanol–water partition coefficient (Wildman–Crippen LogP) is 9.94. The Morgan fingerprint density at radius 1 is 0.629 bits per heavy atom. The molecule has 0 saturated carbocycles. The molecule has 0 heterocycles. The summed E-state index contributed by atoms with van der Waals surface area (Å²) in [6.07, 6.45) is 30.8. The Bertz CT molecular complexity index is 500. The van der Waals surface area contributed by atoms with Crippen LogP contribution in [-0.4, -0.2) is 23.1 Å². The summed E-state index contributed by atoms with van der Waals surface area (Å²) in [6, 6.07) is 0. The van der Waals surface area contributed by atoms with Crippen LogP contribution in [0.4, 0.5) is 0 Å². The van der Waals surface area contributed by atoms with Gasteiger partial charge in [0.05, 0.1) is 0 Å². The summed E-state index contributed by atoms with van der Waals surface area (Å²) >= 11 is 0. The normalized spacial score (nSPS) is 12.3. The van der Waals surface area contributed by atoms with E-state index in [4.69, 9.17) is 9.84 Å². The quantitative estimate of drug-likeness (QED) is 0.0701. The van der Waals surface area contributed by atoms with Crippen molar-refractivity contribution < 1.29 is 19.4 Å². The predicted molar refractivity (Wildman–Crippen MR) is 149 cm³/mol. The Kier molecular flexibility index (Phi) is 26.2. The highest BCUT2D eigenvalue weighted by molar-refractivity contribution is 5.69. The Labute approximate surface area is 217 Å². The zero-order valence-corrected chi connectivity index (χ0v) is 23.4. The average molecular weight is 495 g/mol. The van der Waals surface area contributed by atoms with E-state index in [1.165, 1.54) is 89.9 Å². The molecule has 0 aliphatic carbocycles. The van der Waals surface area contributed by atoms with Crippen LogP contribution in [0.2, 0.25) is 0 Å². The molecular formula is C31H58O4. The van der Waals surface area contributed by atoms with Crippen molar-refractivity contribution in [1.29, 1.82) is 0 Å². The fourth-order valence-corrected chi connectivity index (χ4v) is 4.44. The largest absolute Gasteiger partial charge is 0.481 e. The first-order valence-corrected chi connectivity index (χ1v) is 15.2. The van der Waals surface area contributed by atoms with Crippen LogP contribution in [0.1, 0.15) is 168 Å². The standard InChI is InChI=1S/C31H58O4/c1-3-5-7-9-11-13-15-17-21-25-29(26-22-19-20-23-27-30(32)33)35-31(34)28-24-18-16-14-12-10-8-6-4-2/h21,25,29H,3-20,22-24,26-28H2,1-2H3,(H,32,33)/b25-21-. The van der Waals surface area contributed by atoms with Crippen LogP contribution >= 0.6 is 0 Å². The summed E-state index contributed by atoms with van der Waals surface area (Å²) < 4.78 is 5.82. The van der Waals surface area contributed by atoms with Gasteiger partial charge >= 0.3 is 11.9 Å². The molecule has 4 heteroatoms. The molecule has 0 aromatic rings. The van der Waals surface area contributed by atoms with E-state index >= 15 is 0 Å². The van der Waals surface area contributed by atoms with Gasteiger partial charge in [-0.25, -0.2) is 0 Å². The topological polar surface area (TPSA) is 63.6 Å². The van der Waals surface area contributed by atoms with E-state index in [9.17, 15) is 9.59 Å². The molecule has 0 aliphatic heterocycles. The van der Waals surface area contributed by atoms with Crippen molar-refractivity contribution in [2.75, 3.05) is 0 Å². The summed E-state index contributed by atoms with van der Waals surface area (Å²) in [5, 5.41) is 8.77. The van der Waals surface area contributed by atoms with E-state index in [2.05, 4.69) is 26.0 Å². The molecule has 0 spiro atoms. The van der Waals surface area contributed by atoms with Gasteiger partial charge in [0, 0.05) is 12.8 Å². The monoisotopic (exact) mass is 494 g/mol. The number of ether oxygens (including phenoxy) is 1. The molecule has 0 aromatic carbocycles. The lowest BCUT2D eigenvalue weighted by atomic mass is 10.1. The molecule has 206 valence electrons. The van der Waals surface area contributed by atoms with E-state index in [1.54, 1.807) is 0 Å². The molecule has 1 atom stereocenters. The molecule has 1 unspecified atom stereocenters. The van der Waals surface area contributed by atoms with Gasteiger partial charge in [-0.2, -0.15) is 0 Å². The third-order valence-corrected chi connectivity index (χ3v) is 6.72. The highest BCUT2D eigenvalue weighted by Crippen LogP contribution is 2.15. The molecule has 35 heavy (non-hydrogen) atoms. The number of carbonyl (C=O) groups is 2. The number of unbranched alkanes of at least 4 members (excludes halogenated alkanes) is 18. The van der Waals surface area contributed by atoms with Crippen LogP contribution in [0.25, 0.3) is 0 Å². The number of esters is 1. The van der Waals surface area contributed by atoms with Gasteiger partial charge in [0.2, 0.25) is 0 Å². The van der Waals surface area contributed by atoms with Crippen LogP contribution in [0.15, 0.2) is 12.2 Å². The van der Waals surface area contributed by atoms with Gasteiger partial charge < -0.3 is 9.84 Å². The Hall–Kier alpha value is -1.32. The van der Waals surface area contributed by atoms with Crippen LogP contribution in [0.5, 0.6) is 0 Å². The van der Waals surface area contributed by atoms with Gasteiger partial charge in [-0.15, -0.1) is 0 Å². The second kappa shape index (κ2) is 27.3. The zero-order valence-electron chi connectivity index (χ0n) is 23.4. The fourth-order valence-electron chi connectivity index (χ4n) is 4.44. The van der Waals surface area contributed by atoms with Crippen LogP contribution in [-0.2, 0) is 14.3 Å². The van der Waals surface area contributed by atoms with Crippen LogP contribution < -0.4 is 0 Å². The van der Waals surface area contributed by atoms with Crippen molar-refractivity contribution in [3.63, 3.8) is 0 Å². The minimum atomic E-state index is -0.721. The van der Waals surface area contributed by atoms with Gasteiger partial charge in [-0.3, -0.25) is 9.59 Å². The summed E-state index contributed by atoms with van der Waals surface area (Å²) in [4.78, 5) is 23.1. The number of carboxylic acids is 1. The summed E-state index contributed by atoms with van der Waals surface area (Å²) in [6.45, 7) is 4.50. The molecule has 0 saturated heterocycles. The molecular weight excluding hydrogens is 436 g/mol. The van der Waals surface area contributed by atoms with Crippen molar-refractivity contribution in [2.45, 2.75) is 174 Å². The number of hydrogen-bond acceptors (Lipinski definition) is 3. The Morgan fingerprint density at radius 2 is 1.09 bits per heavy atom. The average Bonchev–Trinajstić information content (AvgIpc) is 2.83. The highest BCUT2D eigenvalue weighted by Gasteiger charge is 2.11. The van der Waals surface area contributed by atoms with Crippen molar-refractivity contribution in [2.24, 2.45) is 0 Å². The van der Waals surface area contributed by atoms with Crippen molar-refractivity contribution >= 4 is 11.9 Å². The molecule has 0 amide bonds. The van der Waals surface area contributed by atoms with Gasteiger partial charge in [0.25, 0.3) is 0 Å². The minimum Gasteiger partial charge on any atom is -0.481 e. The van der Waals surface area contributed by atoms with E-state index in [-0.39, 0.29) is 18.5 Å². The summed E-state index contributed by atoms with van der Waals surface area (Å²) in [5.41, 5.74) is 0.